The van der Waals surface area contributed by atoms with E-state index >= 15 is 0 Å². The number of rotatable bonds is 10. The van der Waals surface area contributed by atoms with Gasteiger partial charge in [-0.1, -0.05) is 6.92 Å². The molecule has 0 aliphatic heterocycles. The normalized spacial score (nSPS) is 14.2. The van der Waals surface area contributed by atoms with Crippen molar-refractivity contribution in [2.24, 2.45) is 5.92 Å². The van der Waals surface area contributed by atoms with E-state index in [0.29, 0.717) is 32.2 Å². The molecule has 0 aromatic heterocycles. The average molecular weight is 288 g/mol. The third-order valence-electron chi connectivity index (χ3n) is 2.24. The molecule has 1 atom stereocenters. The highest BCUT2D eigenvalue weighted by Gasteiger charge is 2.23. The molecule has 0 aromatic carbocycles. The van der Waals surface area contributed by atoms with Crippen LogP contribution >= 0.6 is 11.6 Å². The first kappa shape index (κ1) is 17.1. The Morgan fingerprint density at radius 3 is 2.00 bits per heavy atom. The van der Waals surface area contributed by atoms with Crippen molar-refractivity contribution in [3.63, 3.8) is 0 Å². The lowest BCUT2D eigenvalue weighted by Crippen LogP contribution is -2.39. The maximum atomic E-state index is 12.1. The minimum Gasteiger partial charge on any atom is -0.383 e. The van der Waals surface area contributed by atoms with E-state index < -0.39 is 10.0 Å². The van der Waals surface area contributed by atoms with Gasteiger partial charge >= 0.3 is 0 Å². The zero-order valence-corrected chi connectivity index (χ0v) is 12.3. The molecule has 5 nitrogen and oxygen atoms in total. The number of halogens is 1. The SMILES string of the molecule is COCCN(CCOC)S(=O)(=O)CC(C)CCl. The van der Waals surface area contributed by atoms with Gasteiger partial charge in [0.1, 0.15) is 0 Å². The van der Waals surface area contributed by atoms with E-state index in [2.05, 4.69) is 0 Å². The van der Waals surface area contributed by atoms with Crippen LogP contribution in [0.5, 0.6) is 0 Å². The summed E-state index contributed by atoms with van der Waals surface area (Å²) in [7, 11) is -0.201. The predicted molar refractivity (Wildman–Crippen MR) is 69.0 cm³/mol. The molecule has 17 heavy (non-hydrogen) atoms. The van der Waals surface area contributed by atoms with Gasteiger partial charge in [0.05, 0.1) is 19.0 Å². The molecule has 0 aliphatic carbocycles. The van der Waals surface area contributed by atoms with Crippen molar-refractivity contribution in [3.8, 4) is 0 Å². The van der Waals surface area contributed by atoms with Crippen molar-refractivity contribution in [1.82, 2.24) is 4.31 Å². The number of hydrogen-bond donors (Lipinski definition) is 0. The van der Waals surface area contributed by atoms with Gasteiger partial charge in [-0.3, -0.25) is 0 Å². The topological polar surface area (TPSA) is 55.8 Å². The summed E-state index contributed by atoms with van der Waals surface area (Å²) in [4.78, 5) is 0. The highest BCUT2D eigenvalue weighted by Crippen LogP contribution is 2.09. The summed E-state index contributed by atoms with van der Waals surface area (Å²) in [5.41, 5.74) is 0. The van der Waals surface area contributed by atoms with Crippen LogP contribution in [0.25, 0.3) is 0 Å². The standard InChI is InChI=1S/C10H22ClNO4S/c1-10(8-11)9-17(13,14)12(4-6-15-2)5-7-16-3/h10H,4-9H2,1-3H3. The van der Waals surface area contributed by atoms with Gasteiger partial charge in [-0.05, 0) is 5.92 Å². The summed E-state index contributed by atoms with van der Waals surface area (Å²) in [5, 5.41) is 0. The number of nitrogens with zero attached hydrogens (tertiary/aromatic N) is 1. The molecular weight excluding hydrogens is 266 g/mol. The van der Waals surface area contributed by atoms with E-state index in [1.807, 2.05) is 6.92 Å². The van der Waals surface area contributed by atoms with Gasteiger partial charge in [0.15, 0.2) is 0 Å². The van der Waals surface area contributed by atoms with Gasteiger partial charge in [-0.15, -0.1) is 11.6 Å². The third-order valence-corrected chi connectivity index (χ3v) is 4.91. The second-order valence-electron chi connectivity index (χ2n) is 3.92. The van der Waals surface area contributed by atoms with Crippen molar-refractivity contribution in [2.75, 3.05) is 52.2 Å². The van der Waals surface area contributed by atoms with Crippen molar-refractivity contribution >= 4 is 21.6 Å². The molecule has 7 heteroatoms. The van der Waals surface area contributed by atoms with Crippen LogP contribution in [-0.4, -0.2) is 64.9 Å². The van der Waals surface area contributed by atoms with Gasteiger partial charge < -0.3 is 9.47 Å². The first-order valence-electron chi connectivity index (χ1n) is 5.49. The summed E-state index contributed by atoms with van der Waals surface area (Å²) >= 11 is 5.64. The fourth-order valence-corrected chi connectivity index (χ4v) is 3.28. The molecular formula is C10H22ClNO4S. The lowest BCUT2D eigenvalue weighted by Gasteiger charge is -2.22. The highest BCUT2D eigenvalue weighted by molar-refractivity contribution is 7.89. The number of ether oxygens (including phenoxy) is 2. The van der Waals surface area contributed by atoms with Crippen LogP contribution in [-0.2, 0) is 19.5 Å². The molecule has 0 rings (SSSR count). The summed E-state index contributed by atoms with van der Waals surface area (Å²) in [6.45, 7) is 3.25. The smallest absolute Gasteiger partial charge is 0.214 e. The molecule has 0 aromatic rings. The first-order valence-corrected chi connectivity index (χ1v) is 7.64. The molecule has 0 amide bonds. The van der Waals surface area contributed by atoms with Crippen LogP contribution in [0.4, 0.5) is 0 Å². The fourth-order valence-electron chi connectivity index (χ4n) is 1.29. The van der Waals surface area contributed by atoms with E-state index in [1.165, 1.54) is 4.31 Å². The molecule has 0 heterocycles. The van der Waals surface area contributed by atoms with E-state index in [-0.39, 0.29) is 11.7 Å². The van der Waals surface area contributed by atoms with Crippen molar-refractivity contribution < 1.29 is 17.9 Å². The molecule has 0 fully saturated rings. The first-order chi connectivity index (χ1) is 7.97. The molecule has 0 radical (unpaired) electrons. The van der Waals surface area contributed by atoms with Crippen molar-refractivity contribution in [2.45, 2.75) is 6.92 Å². The Balaban J connectivity index is 4.51. The molecule has 0 spiro atoms. The molecule has 104 valence electrons. The Morgan fingerprint density at radius 2 is 1.65 bits per heavy atom. The zero-order chi connectivity index (χ0) is 13.3. The Labute approximate surface area is 109 Å². The van der Waals surface area contributed by atoms with Gasteiger partial charge in [-0.25, -0.2) is 8.42 Å². The Kier molecular flexibility index (Phi) is 9.17. The van der Waals surface area contributed by atoms with Gasteiger partial charge in [0.25, 0.3) is 0 Å². The van der Waals surface area contributed by atoms with E-state index in [4.69, 9.17) is 21.1 Å². The van der Waals surface area contributed by atoms with E-state index in [0.717, 1.165) is 0 Å². The van der Waals surface area contributed by atoms with Gasteiger partial charge in [-0.2, -0.15) is 4.31 Å². The van der Waals surface area contributed by atoms with Crippen molar-refractivity contribution in [1.29, 1.82) is 0 Å². The molecule has 1 unspecified atom stereocenters. The number of methoxy groups -OCH3 is 2. The Hall–Kier alpha value is 0.120. The number of hydrogen-bond acceptors (Lipinski definition) is 4. The van der Waals surface area contributed by atoms with Gasteiger partial charge in [0, 0.05) is 33.2 Å². The largest absolute Gasteiger partial charge is 0.383 e. The average Bonchev–Trinajstić information content (AvgIpc) is 2.28. The van der Waals surface area contributed by atoms with Crippen LogP contribution < -0.4 is 0 Å². The lowest BCUT2D eigenvalue weighted by molar-refractivity contribution is 0.150. The van der Waals surface area contributed by atoms with Crippen LogP contribution in [0.2, 0.25) is 0 Å². The quantitative estimate of drug-likeness (QED) is 0.558. The van der Waals surface area contributed by atoms with E-state index in [1.54, 1.807) is 14.2 Å². The number of alkyl halides is 1. The molecule has 0 N–H and O–H groups in total. The summed E-state index contributed by atoms with van der Waals surface area (Å²) in [6.07, 6.45) is 0. The molecule has 0 saturated heterocycles. The second-order valence-corrected chi connectivity index (χ2v) is 6.24. The van der Waals surface area contributed by atoms with Crippen LogP contribution in [0, 0.1) is 5.92 Å². The minimum atomic E-state index is -3.29. The van der Waals surface area contributed by atoms with Crippen LogP contribution in [0.15, 0.2) is 0 Å². The maximum Gasteiger partial charge on any atom is 0.214 e. The lowest BCUT2D eigenvalue weighted by atomic mass is 10.3. The van der Waals surface area contributed by atoms with Crippen molar-refractivity contribution in [3.05, 3.63) is 0 Å². The molecule has 0 saturated carbocycles. The minimum absolute atomic E-state index is 0.0595. The Bertz CT molecular complexity index is 276. The highest BCUT2D eigenvalue weighted by atomic mass is 35.5. The van der Waals surface area contributed by atoms with E-state index in [9.17, 15) is 8.42 Å². The maximum absolute atomic E-state index is 12.1. The number of sulfonamides is 1. The summed E-state index contributed by atoms with van der Waals surface area (Å²) < 4.78 is 35.3. The predicted octanol–water partition coefficient (Wildman–Crippen LogP) is 0.786. The summed E-state index contributed by atoms with van der Waals surface area (Å²) in [6, 6.07) is 0. The zero-order valence-electron chi connectivity index (χ0n) is 10.7. The molecule has 0 bridgehead atoms. The van der Waals surface area contributed by atoms with Gasteiger partial charge in [0.2, 0.25) is 10.0 Å². The summed E-state index contributed by atoms with van der Waals surface area (Å²) in [5.74, 6) is 0.334. The second kappa shape index (κ2) is 9.10. The van der Waals surface area contributed by atoms with Crippen LogP contribution in [0.1, 0.15) is 6.92 Å². The molecule has 0 aliphatic rings. The fraction of sp³-hybridized carbons (Fsp3) is 1.00. The monoisotopic (exact) mass is 287 g/mol. The third kappa shape index (κ3) is 7.21. The van der Waals surface area contributed by atoms with Crippen LogP contribution in [0.3, 0.4) is 0 Å². The Morgan fingerprint density at radius 1 is 1.18 bits per heavy atom.